The van der Waals surface area contributed by atoms with Gasteiger partial charge >= 0.3 is 5.97 Å². The van der Waals surface area contributed by atoms with Crippen molar-refractivity contribution >= 4 is 45.7 Å². The molecule has 1 saturated heterocycles. The van der Waals surface area contributed by atoms with Gasteiger partial charge in [-0.05, 0) is 19.8 Å². The monoisotopic (exact) mass is 469 g/mol. The molecule has 31 heavy (non-hydrogen) atoms. The number of nitrogens with one attached hydrogen (secondary N) is 2. The molecule has 3 heterocycles. The Bertz CT molecular complexity index is 959. The number of halogens is 1. The van der Waals surface area contributed by atoms with Crippen LogP contribution >= 0.6 is 22.9 Å². The molecule has 1 fully saturated rings. The molecule has 1 amide bonds. The number of aromatic carboxylic acids is 1. The molecule has 3 rings (SSSR count). The van der Waals surface area contributed by atoms with Crippen LogP contribution < -0.4 is 10.2 Å². The van der Waals surface area contributed by atoms with Gasteiger partial charge in [-0.1, -0.05) is 29.9 Å². The maximum absolute atomic E-state index is 12.6. The van der Waals surface area contributed by atoms with Crippen molar-refractivity contribution in [3.63, 3.8) is 0 Å². The lowest BCUT2D eigenvalue weighted by molar-refractivity contribution is 0.0271. The van der Waals surface area contributed by atoms with Crippen molar-refractivity contribution < 1.29 is 24.2 Å². The van der Waals surface area contributed by atoms with Gasteiger partial charge in [-0.2, -0.15) is 0 Å². The molecule has 0 spiro atoms. The van der Waals surface area contributed by atoms with Gasteiger partial charge in [0.15, 0.2) is 21.9 Å². The van der Waals surface area contributed by atoms with Gasteiger partial charge in [0.2, 0.25) is 0 Å². The van der Waals surface area contributed by atoms with Crippen molar-refractivity contribution in [3.8, 4) is 0 Å². The number of thiazole rings is 1. The second-order valence-electron chi connectivity index (χ2n) is 7.05. The van der Waals surface area contributed by atoms with Gasteiger partial charge in [-0.25, -0.2) is 14.8 Å². The number of ketones is 1. The van der Waals surface area contributed by atoms with E-state index in [1.54, 1.807) is 0 Å². The third-order valence-electron chi connectivity index (χ3n) is 4.97. The normalized spacial score (nSPS) is 18.8. The van der Waals surface area contributed by atoms with Gasteiger partial charge in [0.25, 0.3) is 5.91 Å². The van der Waals surface area contributed by atoms with Crippen LogP contribution in [-0.2, 0) is 11.2 Å². The fourth-order valence-electron chi connectivity index (χ4n) is 3.43. The highest BCUT2D eigenvalue weighted by Crippen LogP contribution is 2.30. The zero-order valence-electron chi connectivity index (χ0n) is 17.4. The number of aromatic nitrogens is 3. The summed E-state index contributed by atoms with van der Waals surface area (Å²) in [7, 11) is 0. The number of hydrogen-bond donors (Lipinski definition) is 3. The summed E-state index contributed by atoms with van der Waals surface area (Å²) in [5.74, 6) is -1.80. The first-order chi connectivity index (χ1) is 14.7. The average Bonchev–Trinajstić information content (AvgIpc) is 3.33. The van der Waals surface area contributed by atoms with Gasteiger partial charge < -0.3 is 25.0 Å². The van der Waals surface area contributed by atoms with E-state index in [4.69, 9.17) is 16.3 Å². The fraction of sp³-hybridized carbons (Fsp3) is 0.526. The van der Waals surface area contributed by atoms with E-state index in [1.165, 1.54) is 6.92 Å². The summed E-state index contributed by atoms with van der Waals surface area (Å²) in [4.78, 5) is 48.9. The van der Waals surface area contributed by atoms with Crippen LogP contribution in [0.25, 0.3) is 0 Å². The molecule has 1 aliphatic rings. The van der Waals surface area contributed by atoms with Crippen LogP contribution in [0, 0.1) is 0 Å². The number of anilines is 1. The third-order valence-corrected chi connectivity index (χ3v) is 6.38. The number of piperidine rings is 1. The fourth-order valence-corrected chi connectivity index (χ4v) is 4.69. The summed E-state index contributed by atoms with van der Waals surface area (Å²) in [6, 6.07) is -0.274. The largest absolute Gasteiger partial charge is 0.477 e. The number of hydrogen-bond acceptors (Lipinski definition) is 8. The van der Waals surface area contributed by atoms with Gasteiger partial charge in [-0.15, -0.1) is 0 Å². The first-order valence-electron chi connectivity index (χ1n) is 9.91. The number of H-pyrrole nitrogens is 1. The van der Waals surface area contributed by atoms with Crippen molar-refractivity contribution in [2.75, 3.05) is 24.6 Å². The first-order valence-corrected chi connectivity index (χ1v) is 11.1. The average molecular weight is 470 g/mol. The number of imidazole rings is 1. The molecule has 10 nitrogen and oxygen atoms in total. The van der Waals surface area contributed by atoms with E-state index in [0.29, 0.717) is 43.4 Å². The van der Waals surface area contributed by atoms with Crippen LogP contribution in [0.5, 0.6) is 0 Å². The van der Waals surface area contributed by atoms with Crippen molar-refractivity contribution in [1.82, 2.24) is 20.3 Å². The summed E-state index contributed by atoms with van der Waals surface area (Å²) in [5.41, 5.74) is 0.652. The molecule has 2 atom stereocenters. The predicted molar refractivity (Wildman–Crippen MR) is 116 cm³/mol. The number of nitrogens with zero attached hydrogens (tertiary/aromatic N) is 3. The Kier molecular flexibility index (Phi) is 7.29. The lowest BCUT2D eigenvalue weighted by Crippen LogP contribution is -2.55. The minimum absolute atomic E-state index is 0.0442. The molecular weight excluding hydrogens is 446 g/mol. The standard InChI is InChI=1S/C19H24ClN5O5S/c1-4-10-15(20)24-16(21-10)17(27)22-11-6-7-25(8-12(11)30-5-2)19-23-13(9(3)26)14(31-19)18(28)29/h11-12H,4-8H2,1-3H3,(H,21,24)(H,22,27)(H,28,29)/t11?,12-/m0/s1. The highest BCUT2D eigenvalue weighted by Gasteiger charge is 2.34. The third kappa shape index (κ3) is 5.05. The van der Waals surface area contributed by atoms with E-state index in [-0.39, 0.29) is 39.6 Å². The number of carboxylic acids is 1. The number of carboxylic acid groups (broad SMARTS) is 1. The minimum Gasteiger partial charge on any atom is -0.477 e. The molecule has 3 N–H and O–H groups in total. The highest BCUT2D eigenvalue weighted by atomic mass is 35.5. The van der Waals surface area contributed by atoms with E-state index in [2.05, 4.69) is 20.3 Å². The molecule has 2 aromatic heterocycles. The van der Waals surface area contributed by atoms with Crippen molar-refractivity contribution in [2.24, 2.45) is 0 Å². The second-order valence-corrected chi connectivity index (χ2v) is 8.39. The summed E-state index contributed by atoms with van der Waals surface area (Å²) in [6.45, 7) is 6.40. The number of aromatic amines is 1. The lowest BCUT2D eigenvalue weighted by Gasteiger charge is -2.38. The van der Waals surface area contributed by atoms with Crippen LogP contribution in [-0.4, -0.2) is 69.6 Å². The van der Waals surface area contributed by atoms with Crippen LogP contribution in [0.15, 0.2) is 0 Å². The molecule has 1 unspecified atom stereocenters. The summed E-state index contributed by atoms with van der Waals surface area (Å²) in [5, 5.41) is 13.0. The number of amides is 1. The molecular formula is C19H24ClN5O5S. The smallest absolute Gasteiger partial charge is 0.348 e. The molecule has 12 heteroatoms. The molecule has 0 aliphatic carbocycles. The van der Waals surface area contributed by atoms with E-state index in [1.807, 2.05) is 18.7 Å². The molecule has 0 aromatic carbocycles. The Hall–Kier alpha value is -2.50. The topological polar surface area (TPSA) is 138 Å². The Morgan fingerprint density at radius 2 is 2.10 bits per heavy atom. The molecule has 168 valence electrons. The number of aryl methyl sites for hydroxylation is 1. The summed E-state index contributed by atoms with van der Waals surface area (Å²) < 4.78 is 5.85. The number of ether oxygens (including phenoxy) is 1. The lowest BCUT2D eigenvalue weighted by atomic mass is 10.0. The van der Waals surface area contributed by atoms with Crippen LogP contribution in [0.3, 0.4) is 0 Å². The number of Topliss-reactive ketones (excluding diaryl/α,β-unsaturated/α-hetero) is 1. The van der Waals surface area contributed by atoms with E-state index in [9.17, 15) is 19.5 Å². The van der Waals surface area contributed by atoms with Crippen molar-refractivity contribution in [3.05, 3.63) is 27.2 Å². The quantitative estimate of drug-likeness (QED) is 0.501. The zero-order valence-corrected chi connectivity index (χ0v) is 19.0. The van der Waals surface area contributed by atoms with Crippen molar-refractivity contribution in [1.29, 1.82) is 0 Å². The molecule has 0 radical (unpaired) electrons. The number of carbonyl (C=O) groups excluding carboxylic acids is 2. The van der Waals surface area contributed by atoms with Gasteiger partial charge in [0, 0.05) is 26.6 Å². The second kappa shape index (κ2) is 9.75. The minimum atomic E-state index is -1.18. The van der Waals surface area contributed by atoms with Crippen LogP contribution in [0.2, 0.25) is 5.15 Å². The van der Waals surface area contributed by atoms with Gasteiger partial charge in [-0.3, -0.25) is 9.59 Å². The number of rotatable bonds is 8. The first kappa shape index (κ1) is 23.2. The SMILES string of the molecule is CCO[C@H]1CN(c2nc(C(C)=O)c(C(=O)O)s2)CCC1NC(=O)c1nc(Cl)c(CC)[nH]1. The van der Waals surface area contributed by atoms with Gasteiger partial charge in [0.05, 0.1) is 17.8 Å². The van der Waals surface area contributed by atoms with Crippen LogP contribution in [0.4, 0.5) is 5.13 Å². The molecule has 1 aliphatic heterocycles. The van der Waals surface area contributed by atoms with Crippen molar-refractivity contribution in [2.45, 2.75) is 45.8 Å². The predicted octanol–water partition coefficient (Wildman–Crippen LogP) is 2.40. The van der Waals surface area contributed by atoms with Gasteiger partial charge in [0.1, 0.15) is 10.6 Å². The Balaban J connectivity index is 1.74. The molecule has 0 bridgehead atoms. The Morgan fingerprint density at radius 1 is 1.35 bits per heavy atom. The number of carbonyl (C=O) groups is 3. The summed E-state index contributed by atoms with van der Waals surface area (Å²) >= 11 is 6.99. The van der Waals surface area contributed by atoms with E-state index in [0.717, 1.165) is 11.3 Å². The molecule has 2 aromatic rings. The maximum Gasteiger partial charge on any atom is 0.348 e. The van der Waals surface area contributed by atoms with Crippen LogP contribution in [0.1, 0.15) is 63.7 Å². The Morgan fingerprint density at radius 3 is 2.65 bits per heavy atom. The Labute approximate surface area is 188 Å². The molecule has 0 saturated carbocycles. The summed E-state index contributed by atoms with van der Waals surface area (Å²) in [6.07, 6.45) is 0.827. The van der Waals surface area contributed by atoms with E-state index >= 15 is 0 Å². The zero-order chi connectivity index (χ0) is 22.7. The maximum atomic E-state index is 12.6. The van der Waals surface area contributed by atoms with E-state index < -0.39 is 11.8 Å². The highest BCUT2D eigenvalue weighted by molar-refractivity contribution is 7.17.